The molecule has 0 aliphatic heterocycles. The highest BCUT2D eigenvalue weighted by molar-refractivity contribution is 7.09. The third-order valence-electron chi connectivity index (χ3n) is 4.14. The minimum atomic E-state index is -0.174. The predicted octanol–water partition coefficient (Wildman–Crippen LogP) is 3.58. The predicted molar refractivity (Wildman–Crippen MR) is 111 cm³/mol. The summed E-state index contributed by atoms with van der Waals surface area (Å²) >= 11 is 7.62. The lowest BCUT2D eigenvalue weighted by Crippen LogP contribution is -2.27. The Morgan fingerprint density at radius 3 is 2.96 bits per heavy atom. The van der Waals surface area contributed by atoms with Crippen molar-refractivity contribution in [2.45, 2.75) is 13.1 Å². The van der Waals surface area contributed by atoms with Crippen LogP contribution < -0.4 is 10.6 Å². The third-order valence-corrected chi connectivity index (χ3v) is 5.25. The average Bonchev–Trinajstić information content (AvgIpc) is 3.36. The van der Waals surface area contributed by atoms with Gasteiger partial charge in [-0.05, 0) is 29.6 Å². The SMILES string of the molecule is O=C(NCCn1ncc2c(NCc3cccs3)ncnc21)c1cccc(Cl)c1. The lowest BCUT2D eigenvalue weighted by Gasteiger charge is -2.07. The first-order valence-corrected chi connectivity index (χ1v) is 9.93. The van der Waals surface area contributed by atoms with Crippen LogP contribution in [-0.2, 0) is 13.1 Å². The molecule has 0 unspecified atom stereocenters. The molecule has 0 saturated heterocycles. The maximum Gasteiger partial charge on any atom is 0.251 e. The number of thiophene rings is 1. The van der Waals surface area contributed by atoms with Gasteiger partial charge in [-0.3, -0.25) is 4.79 Å². The van der Waals surface area contributed by atoms with Crippen LogP contribution in [0.25, 0.3) is 11.0 Å². The number of rotatable bonds is 7. The summed E-state index contributed by atoms with van der Waals surface area (Å²) in [7, 11) is 0. The molecule has 0 atom stereocenters. The second-order valence-electron chi connectivity index (χ2n) is 6.03. The highest BCUT2D eigenvalue weighted by Gasteiger charge is 2.11. The van der Waals surface area contributed by atoms with E-state index in [-0.39, 0.29) is 5.91 Å². The van der Waals surface area contributed by atoms with Crippen LogP contribution >= 0.6 is 22.9 Å². The van der Waals surface area contributed by atoms with Gasteiger partial charge < -0.3 is 10.6 Å². The molecule has 9 heteroatoms. The normalized spacial score (nSPS) is 10.9. The molecule has 2 N–H and O–H groups in total. The van der Waals surface area contributed by atoms with Crippen molar-refractivity contribution >= 4 is 45.7 Å². The molecule has 7 nitrogen and oxygen atoms in total. The van der Waals surface area contributed by atoms with E-state index in [1.165, 1.54) is 11.2 Å². The number of carbonyl (C=O) groups excluding carboxylic acids is 1. The van der Waals surface area contributed by atoms with Crippen LogP contribution in [0.4, 0.5) is 5.82 Å². The number of carbonyl (C=O) groups is 1. The molecule has 28 heavy (non-hydrogen) atoms. The van der Waals surface area contributed by atoms with Crippen LogP contribution in [0, 0.1) is 0 Å². The summed E-state index contributed by atoms with van der Waals surface area (Å²) in [4.78, 5) is 22.1. The van der Waals surface area contributed by atoms with E-state index in [0.29, 0.717) is 30.2 Å². The lowest BCUT2D eigenvalue weighted by molar-refractivity contribution is 0.0952. The molecule has 3 heterocycles. The van der Waals surface area contributed by atoms with Crippen LogP contribution in [0.3, 0.4) is 0 Å². The zero-order valence-electron chi connectivity index (χ0n) is 14.8. The van der Waals surface area contributed by atoms with Crippen molar-refractivity contribution in [1.29, 1.82) is 0 Å². The zero-order chi connectivity index (χ0) is 19.3. The number of fused-ring (bicyclic) bond motifs is 1. The van der Waals surface area contributed by atoms with Gasteiger partial charge in [-0.1, -0.05) is 23.7 Å². The van der Waals surface area contributed by atoms with Gasteiger partial charge in [-0.25, -0.2) is 14.6 Å². The largest absolute Gasteiger partial charge is 0.364 e. The molecule has 3 aromatic heterocycles. The van der Waals surface area contributed by atoms with Gasteiger partial charge >= 0.3 is 0 Å². The Labute approximate surface area is 170 Å². The van der Waals surface area contributed by atoms with E-state index in [2.05, 4.69) is 31.8 Å². The molecule has 4 rings (SSSR count). The highest BCUT2D eigenvalue weighted by Crippen LogP contribution is 2.20. The number of nitrogens with one attached hydrogen (secondary N) is 2. The molecule has 0 spiro atoms. The van der Waals surface area contributed by atoms with Crippen molar-refractivity contribution in [1.82, 2.24) is 25.1 Å². The molecule has 0 radical (unpaired) electrons. The van der Waals surface area contributed by atoms with Crippen LogP contribution in [0.2, 0.25) is 5.02 Å². The van der Waals surface area contributed by atoms with Crippen molar-refractivity contribution in [3.8, 4) is 0 Å². The summed E-state index contributed by atoms with van der Waals surface area (Å²) in [5, 5.41) is 14.0. The summed E-state index contributed by atoms with van der Waals surface area (Å²) in [6.07, 6.45) is 3.26. The van der Waals surface area contributed by atoms with Gasteiger partial charge in [0, 0.05) is 22.0 Å². The fourth-order valence-corrected chi connectivity index (χ4v) is 3.62. The fraction of sp³-hybridized carbons (Fsp3) is 0.158. The van der Waals surface area contributed by atoms with E-state index in [1.54, 1.807) is 46.5 Å². The van der Waals surface area contributed by atoms with E-state index < -0.39 is 0 Å². The van der Waals surface area contributed by atoms with Crippen molar-refractivity contribution in [3.05, 3.63) is 69.8 Å². The first-order chi connectivity index (χ1) is 13.7. The Balaban J connectivity index is 1.40. The van der Waals surface area contributed by atoms with Gasteiger partial charge in [-0.2, -0.15) is 5.10 Å². The zero-order valence-corrected chi connectivity index (χ0v) is 16.4. The molecule has 142 valence electrons. The number of aromatic nitrogens is 4. The van der Waals surface area contributed by atoms with E-state index in [1.807, 2.05) is 11.4 Å². The highest BCUT2D eigenvalue weighted by atomic mass is 35.5. The topological polar surface area (TPSA) is 84.7 Å². The Hall–Kier alpha value is -2.97. The molecular weight excluding hydrogens is 396 g/mol. The number of anilines is 1. The maximum atomic E-state index is 12.2. The number of hydrogen-bond acceptors (Lipinski definition) is 6. The van der Waals surface area contributed by atoms with Crippen molar-refractivity contribution in [3.63, 3.8) is 0 Å². The van der Waals surface area contributed by atoms with E-state index in [4.69, 9.17) is 11.6 Å². The number of nitrogens with zero attached hydrogens (tertiary/aromatic N) is 4. The third kappa shape index (κ3) is 4.13. The van der Waals surface area contributed by atoms with E-state index in [0.717, 1.165) is 16.9 Å². The fourth-order valence-electron chi connectivity index (χ4n) is 2.79. The molecule has 0 bridgehead atoms. The number of halogens is 1. The van der Waals surface area contributed by atoms with Crippen molar-refractivity contribution < 1.29 is 4.79 Å². The standard InChI is InChI=1S/C19H17ClN6OS/c20-14-4-1-3-13(9-14)19(27)21-6-7-26-18-16(11-25-26)17(23-12-24-18)22-10-15-5-2-8-28-15/h1-5,8-9,11-12H,6-7,10H2,(H,21,27)(H,22,23,24). The Bertz CT molecular complexity index is 1090. The van der Waals surface area contributed by atoms with Crippen LogP contribution in [0.1, 0.15) is 15.2 Å². The number of amides is 1. The summed E-state index contributed by atoms with van der Waals surface area (Å²) in [6, 6.07) is 10.9. The molecule has 4 aromatic rings. The molecule has 0 aliphatic carbocycles. The minimum Gasteiger partial charge on any atom is -0.364 e. The maximum absolute atomic E-state index is 12.2. The minimum absolute atomic E-state index is 0.174. The first kappa shape index (κ1) is 18.4. The molecule has 0 fully saturated rings. The van der Waals surface area contributed by atoms with Crippen LogP contribution in [-0.4, -0.2) is 32.2 Å². The number of benzene rings is 1. The average molecular weight is 413 g/mol. The van der Waals surface area contributed by atoms with Gasteiger partial charge in [0.2, 0.25) is 0 Å². The summed E-state index contributed by atoms with van der Waals surface area (Å²) in [5.74, 6) is 0.569. The van der Waals surface area contributed by atoms with Crippen LogP contribution in [0.15, 0.2) is 54.3 Å². The summed E-state index contributed by atoms with van der Waals surface area (Å²) in [6.45, 7) is 1.62. The second-order valence-corrected chi connectivity index (χ2v) is 7.50. The van der Waals surface area contributed by atoms with Gasteiger partial charge in [0.15, 0.2) is 5.65 Å². The quantitative estimate of drug-likeness (QED) is 0.484. The van der Waals surface area contributed by atoms with Crippen molar-refractivity contribution in [2.75, 3.05) is 11.9 Å². The molecule has 0 saturated carbocycles. The van der Waals surface area contributed by atoms with E-state index in [9.17, 15) is 4.79 Å². The number of hydrogen-bond donors (Lipinski definition) is 2. The summed E-state index contributed by atoms with van der Waals surface area (Å²) in [5.41, 5.74) is 1.25. The second kappa shape index (κ2) is 8.37. The smallest absolute Gasteiger partial charge is 0.251 e. The molecule has 1 aromatic carbocycles. The first-order valence-electron chi connectivity index (χ1n) is 8.67. The molecular formula is C19H17ClN6OS. The van der Waals surface area contributed by atoms with Gasteiger partial charge in [0.25, 0.3) is 5.91 Å². The Morgan fingerprint density at radius 2 is 2.14 bits per heavy atom. The monoisotopic (exact) mass is 412 g/mol. The Morgan fingerprint density at radius 1 is 1.21 bits per heavy atom. The summed E-state index contributed by atoms with van der Waals surface area (Å²) < 4.78 is 1.76. The molecule has 0 aliphatic rings. The Kier molecular flexibility index (Phi) is 5.50. The van der Waals surface area contributed by atoms with Gasteiger partial charge in [-0.15, -0.1) is 11.3 Å². The molecule has 1 amide bonds. The van der Waals surface area contributed by atoms with E-state index >= 15 is 0 Å². The van der Waals surface area contributed by atoms with Crippen molar-refractivity contribution in [2.24, 2.45) is 0 Å². The van der Waals surface area contributed by atoms with Crippen LogP contribution in [0.5, 0.6) is 0 Å². The van der Waals surface area contributed by atoms with Gasteiger partial charge in [0.05, 0.1) is 24.7 Å². The van der Waals surface area contributed by atoms with Gasteiger partial charge in [0.1, 0.15) is 12.1 Å². The lowest BCUT2D eigenvalue weighted by atomic mass is 10.2.